The first-order chi connectivity index (χ1) is 13.0. The van der Waals surface area contributed by atoms with E-state index in [4.69, 9.17) is 0 Å². The van der Waals surface area contributed by atoms with E-state index in [1.165, 1.54) is 24.6 Å². The van der Waals surface area contributed by atoms with Gasteiger partial charge in [-0.05, 0) is 43.0 Å². The summed E-state index contributed by atoms with van der Waals surface area (Å²) in [6, 6.07) is 7.05. The molecule has 0 atom stereocenters. The van der Waals surface area contributed by atoms with E-state index in [-0.39, 0.29) is 11.7 Å². The summed E-state index contributed by atoms with van der Waals surface area (Å²) in [6.07, 6.45) is 2.89. The molecule has 0 unspecified atom stereocenters. The van der Waals surface area contributed by atoms with Crippen LogP contribution in [0.4, 0.5) is 10.8 Å². The predicted molar refractivity (Wildman–Crippen MR) is 111 cm³/mol. The number of aromatic nitrogens is 2. The summed E-state index contributed by atoms with van der Waals surface area (Å²) in [6.45, 7) is 6.09. The van der Waals surface area contributed by atoms with Crippen molar-refractivity contribution in [2.75, 3.05) is 29.1 Å². The van der Waals surface area contributed by atoms with Crippen molar-refractivity contribution in [3.63, 3.8) is 0 Å². The molecule has 27 heavy (non-hydrogen) atoms. The molecule has 144 valence electrons. The number of carbonyl (C=O) groups is 2. The fraction of sp³-hybridized carbons (Fsp3) is 0.474. The molecule has 2 heterocycles. The summed E-state index contributed by atoms with van der Waals surface area (Å²) >= 11 is 2.97. The van der Waals surface area contributed by atoms with E-state index in [0.717, 1.165) is 22.6 Å². The Balaban J connectivity index is 1.50. The minimum atomic E-state index is -0.00953. The minimum absolute atomic E-state index is 0.00953. The number of Topliss-reactive ketones (excluding diaryl/α,β-unsaturated/α-hetero) is 1. The molecule has 0 radical (unpaired) electrons. The highest BCUT2D eigenvalue weighted by Crippen LogP contribution is 2.30. The van der Waals surface area contributed by atoms with Gasteiger partial charge in [0.1, 0.15) is 0 Å². The predicted octanol–water partition coefficient (Wildman–Crippen LogP) is 4.10. The molecule has 3 rings (SSSR count). The van der Waals surface area contributed by atoms with Crippen molar-refractivity contribution in [1.82, 2.24) is 10.2 Å². The summed E-state index contributed by atoms with van der Waals surface area (Å²) < 4.78 is 0.822. The maximum absolute atomic E-state index is 12.4. The Kier molecular flexibility index (Phi) is 6.84. The number of nitrogens with zero attached hydrogens (tertiary/aromatic N) is 3. The van der Waals surface area contributed by atoms with Crippen LogP contribution in [0.2, 0.25) is 0 Å². The first kappa shape index (κ1) is 19.8. The molecule has 0 saturated carbocycles. The third-order valence-electron chi connectivity index (χ3n) is 4.18. The fourth-order valence-corrected chi connectivity index (χ4v) is 4.62. The fourth-order valence-electron chi connectivity index (χ4n) is 2.83. The average molecular weight is 405 g/mol. The lowest BCUT2D eigenvalue weighted by Gasteiger charge is -2.10. The van der Waals surface area contributed by atoms with Crippen molar-refractivity contribution >= 4 is 45.6 Å². The number of amides is 1. The first-order valence-corrected chi connectivity index (χ1v) is 11.0. The monoisotopic (exact) mass is 404 g/mol. The molecule has 1 saturated heterocycles. The van der Waals surface area contributed by atoms with E-state index < -0.39 is 0 Å². The van der Waals surface area contributed by atoms with Gasteiger partial charge in [-0.3, -0.25) is 9.59 Å². The Labute approximate surface area is 167 Å². The molecule has 1 N–H and O–H groups in total. The molecule has 1 aliphatic heterocycles. The second kappa shape index (κ2) is 9.32. The number of rotatable bonds is 8. The largest absolute Gasteiger partial charge is 0.347 e. The second-order valence-electron chi connectivity index (χ2n) is 6.98. The van der Waals surface area contributed by atoms with Crippen LogP contribution in [0.15, 0.2) is 28.6 Å². The van der Waals surface area contributed by atoms with Crippen LogP contribution in [-0.2, 0) is 4.79 Å². The summed E-state index contributed by atoms with van der Waals surface area (Å²) in [4.78, 5) is 26.4. The molecule has 8 heteroatoms. The van der Waals surface area contributed by atoms with Crippen molar-refractivity contribution < 1.29 is 9.59 Å². The lowest BCUT2D eigenvalue weighted by molar-refractivity contribution is -0.116. The third-order valence-corrected chi connectivity index (χ3v) is 6.30. The Morgan fingerprint density at radius 1 is 1.19 bits per heavy atom. The van der Waals surface area contributed by atoms with Crippen LogP contribution in [0.1, 0.15) is 43.5 Å². The van der Waals surface area contributed by atoms with E-state index in [1.54, 1.807) is 35.6 Å². The summed E-state index contributed by atoms with van der Waals surface area (Å²) in [5.74, 6) is 0.671. The Bertz CT molecular complexity index is 783. The smallest absolute Gasteiger partial charge is 0.224 e. The Hall–Kier alpha value is -1.93. The van der Waals surface area contributed by atoms with Gasteiger partial charge in [-0.1, -0.05) is 36.9 Å². The highest BCUT2D eigenvalue weighted by Gasteiger charge is 2.17. The van der Waals surface area contributed by atoms with Crippen LogP contribution >= 0.6 is 23.1 Å². The summed E-state index contributed by atoms with van der Waals surface area (Å²) in [5.41, 5.74) is 1.35. The van der Waals surface area contributed by atoms with Gasteiger partial charge < -0.3 is 10.2 Å². The maximum Gasteiger partial charge on any atom is 0.224 e. The van der Waals surface area contributed by atoms with Gasteiger partial charge in [0.15, 0.2) is 10.1 Å². The maximum atomic E-state index is 12.4. The Morgan fingerprint density at radius 2 is 1.89 bits per heavy atom. The molecule has 2 aromatic rings. The van der Waals surface area contributed by atoms with Crippen LogP contribution in [0.3, 0.4) is 0 Å². The molecule has 6 nitrogen and oxygen atoms in total. The number of thioether (sulfide) groups is 1. The van der Waals surface area contributed by atoms with Crippen LogP contribution in [0.25, 0.3) is 0 Å². The zero-order chi connectivity index (χ0) is 19.2. The van der Waals surface area contributed by atoms with E-state index in [1.807, 2.05) is 13.8 Å². The van der Waals surface area contributed by atoms with Gasteiger partial charge in [-0.25, -0.2) is 0 Å². The van der Waals surface area contributed by atoms with Gasteiger partial charge in [0.2, 0.25) is 11.0 Å². The quantitative estimate of drug-likeness (QED) is 0.527. The van der Waals surface area contributed by atoms with Gasteiger partial charge in [0.05, 0.1) is 5.75 Å². The number of hydrogen-bond donors (Lipinski definition) is 1. The number of anilines is 2. The molecular weight excluding hydrogens is 380 g/mol. The van der Waals surface area contributed by atoms with Crippen LogP contribution in [0.5, 0.6) is 0 Å². The lowest BCUT2D eigenvalue weighted by Crippen LogP contribution is -2.17. The van der Waals surface area contributed by atoms with Gasteiger partial charge >= 0.3 is 0 Å². The van der Waals surface area contributed by atoms with Crippen molar-refractivity contribution in [2.45, 2.75) is 37.4 Å². The normalized spacial score (nSPS) is 14.0. The molecule has 0 aliphatic carbocycles. The first-order valence-electron chi connectivity index (χ1n) is 9.15. The second-order valence-corrected chi connectivity index (χ2v) is 9.16. The Morgan fingerprint density at radius 3 is 2.56 bits per heavy atom. The van der Waals surface area contributed by atoms with Crippen molar-refractivity contribution in [3.05, 3.63) is 29.8 Å². The molecular formula is C19H24N4O2S2. The third kappa shape index (κ3) is 5.77. The minimum Gasteiger partial charge on any atom is -0.347 e. The standard InChI is InChI=1S/C19H24N4O2S2/c1-13(2)11-17(25)20-15-7-5-14(6-8-15)16(24)12-26-19-22-21-18(27-19)23-9-3-4-10-23/h5-8,13H,3-4,9-12H2,1-2H3,(H,20,25). The summed E-state index contributed by atoms with van der Waals surface area (Å²) in [7, 11) is 0. The van der Waals surface area contributed by atoms with Gasteiger partial charge in [0.25, 0.3) is 0 Å². The molecule has 0 bridgehead atoms. The topological polar surface area (TPSA) is 75.2 Å². The van der Waals surface area contributed by atoms with Crippen molar-refractivity contribution in [2.24, 2.45) is 5.92 Å². The van der Waals surface area contributed by atoms with Crippen molar-refractivity contribution in [3.8, 4) is 0 Å². The lowest BCUT2D eigenvalue weighted by atomic mass is 10.1. The van der Waals surface area contributed by atoms with E-state index >= 15 is 0 Å². The van der Waals surface area contributed by atoms with Gasteiger partial charge in [0, 0.05) is 30.8 Å². The van der Waals surface area contributed by atoms with Crippen LogP contribution in [0, 0.1) is 5.92 Å². The molecule has 1 aliphatic rings. The molecule has 1 aromatic heterocycles. The van der Waals surface area contributed by atoms with Crippen LogP contribution < -0.4 is 10.2 Å². The van der Waals surface area contributed by atoms with Crippen LogP contribution in [-0.4, -0.2) is 40.7 Å². The van der Waals surface area contributed by atoms with Gasteiger partial charge in [-0.2, -0.15) is 0 Å². The van der Waals surface area contributed by atoms with Gasteiger partial charge in [-0.15, -0.1) is 10.2 Å². The summed E-state index contributed by atoms with van der Waals surface area (Å²) in [5, 5.41) is 12.2. The number of benzene rings is 1. The van der Waals surface area contributed by atoms with Crippen molar-refractivity contribution in [1.29, 1.82) is 0 Å². The number of hydrogen-bond acceptors (Lipinski definition) is 7. The molecule has 1 fully saturated rings. The highest BCUT2D eigenvalue weighted by atomic mass is 32.2. The van der Waals surface area contributed by atoms with E-state index in [0.29, 0.717) is 29.3 Å². The number of carbonyl (C=O) groups excluding carboxylic acids is 2. The zero-order valence-corrected chi connectivity index (χ0v) is 17.2. The molecule has 1 amide bonds. The SMILES string of the molecule is CC(C)CC(=O)Nc1ccc(C(=O)CSc2nnc(N3CCCC3)s2)cc1. The molecule has 0 spiro atoms. The highest BCUT2D eigenvalue weighted by molar-refractivity contribution is 8.01. The number of ketones is 1. The zero-order valence-electron chi connectivity index (χ0n) is 15.6. The average Bonchev–Trinajstić information content (AvgIpc) is 3.31. The number of nitrogens with one attached hydrogen (secondary N) is 1. The molecule has 1 aromatic carbocycles. The van der Waals surface area contributed by atoms with E-state index in [2.05, 4.69) is 20.4 Å². The van der Waals surface area contributed by atoms with E-state index in [9.17, 15) is 9.59 Å².